The zero-order valence-corrected chi connectivity index (χ0v) is 79.4. The Labute approximate surface area is 796 Å². The van der Waals surface area contributed by atoms with Crippen molar-refractivity contribution < 1.29 is 360 Å². The van der Waals surface area contributed by atoms with Crippen molar-refractivity contribution in [2.45, 2.75) is 29.4 Å². The molecule has 2 aliphatic carbocycles. The Morgan fingerprint density at radius 2 is 0.718 bits per heavy atom. The van der Waals surface area contributed by atoms with Crippen molar-refractivity contribution in [2.75, 3.05) is 21.5 Å². The van der Waals surface area contributed by atoms with Crippen molar-refractivity contribution in [1.29, 1.82) is 0 Å². The number of aromatic amines is 2. The molecule has 0 bridgehead atoms. The van der Waals surface area contributed by atoms with E-state index in [1.807, 2.05) is 10.9 Å². The third-order valence-corrected chi connectivity index (χ3v) is 21.0. The number of allylic oxidation sites excluding steroid dienone is 2. The number of benzene rings is 7. The fraction of sp³-hybridized carbons (Fsp3) is 0. The van der Waals surface area contributed by atoms with Crippen LogP contribution in [-0.2, 0) is 80.9 Å². The van der Waals surface area contributed by atoms with E-state index in [0.717, 1.165) is 60.7 Å². The summed E-state index contributed by atoms with van der Waals surface area (Å²) >= 11 is 0. The van der Waals surface area contributed by atoms with Gasteiger partial charge in [-0.1, -0.05) is 36.4 Å². The number of nitrogens with one attached hydrogen (secondary N) is 6. The van der Waals surface area contributed by atoms with Crippen LogP contribution in [0.3, 0.4) is 0 Å². The van der Waals surface area contributed by atoms with Crippen molar-refractivity contribution in [3.63, 3.8) is 0 Å². The fourth-order valence-corrected chi connectivity index (χ4v) is 15.4. The molecule has 0 saturated heterocycles. The molecule has 110 heavy (non-hydrogen) atoms. The van der Waals surface area contributed by atoms with Crippen LogP contribution >= 0.6 is 0 Å². The van der Waals surface area contributed by atoms with E-state index in [4.69, 9.17) is 0 Å². The number of aromatic nitrogens is 6. The molecule has 0 spiro atoms. The summed E-state index contributed by atoms with van der Waals surface area (Å²) in [5, 5.41) is 36.1. The number of ketones is 2. The summed E-state index contributed by atoms with van der Waals surface area (Å²) in [5.41, 5.74) is -7.24. The predicted octanol–water partition coefficient (Wildman–Crippen LogP) is -24.4. The average Bonchev–Trinajstić information content (AvgIpc) is 0.772. The van der Waals surface area contributed by atoms with Gasteiger partial charge in [0.2, 0.25) is 34.7 Å². The number of hydrogen-bond donors (Lipinski definition) is 8. The van der Waals surface area contributed by atoms with Gasteiger partial charge >= 0.3 is 236 Å². The summed E-state index contributed by atoms with van der Waals surface area (Å²) in [5.74, 6) is -4.53. The van der Waals surface area contributed by atoms with Gasteiger partial charge in [-0.15, -0.1) is 0 Å². The normalized spacial score (nSPS) is 14.2. The van der Waals surface area contributed by atoms with Gasteiger partial charge in [0.15, 0.2) is 0 Å². The molecule has 0 fully saturated rings. The van der Waals surface area contributed by atoms with Crippen LogP contribution in [0.25, 0.3) is 33.7 Å². The minimum absolute atomic E-state index is 0. The largest absolute Gasteiger partial charge is 1.00 e. The number of hydrazone groups is 2. The topological polar surface area (TPSA) is 713 Å². The Bertz CT molecular complexity index is 6210. The second-order valence-corrected chi connectivity index (χ2v) is 31.4. The summed E-state index contributed by atoms with van der Waals surface area (Å²) in [6.07, 6.45) is 0.742. The smallest absolute Gasteiger partial charge is 0.846 e. The molecule has 0 radical (unpaired) electrons. The summed E-state index contributed by atoms with van der Waals surface area (Å²) in [7, 11) is -44.4. The number of carbonyl (C=O) groups excluding carboxylic acids is 2. The molecule has 2 heterocycles. The number of hydrogen-bond acceptors (Lipinski definition) is 38. The maximum atomic E-state index is 14.4. The van der Waals surface area contributed by atoms with Gasteiger partial charge in [-0.05, 0) is 96.1 Å². The zero-order chi connectivity index (χ0) is 74.5. The van der Waals surface area contributed by atoms with Crippen LogP contribution in [0.15, 0.2) is 169 Å². The fourth-order valence-electron chi connectivity index (χ4n) is 9.99. The molecule has 0 amide bonds. The SMILES string of the molecule is O=C1/C(=N/Nc2ccc3c(S(=O)(=O)[O-])cccc3c2S(=O)(=O)O)C(S(=O)(=O)[O-])=Cc2cc(S(=O)(=O)[O-])cc(N=c3nc(Nc4ccc(Nc5nc([O-])[nH]c(=Nc6cc(S(=O)(=O)[O-])cc7c6C(=O)/C(=N/Nc6ccc8c(S(=O)(=O)[O-])cccc8c6S(=O)(=O)O)C(S(=O)(=O)[O-])=C7)n5)cc4)nc([O-])[nH]3)c21.[Na+].[Na+].[Na+].[Na+].[Na+].[Na+].[Na+].[Na+]. The van der Waals surface area contributed by atoms with Crippen LogP contribution in [0.1, 0.15) is 31.8 Å². The Hall–Kier alpha value is -3.08. The van der Waals surface area contributed by atoms with Gasteiger partial charge < -0.3 is 58.1 Å². The number of nitrogens with zero attached hydrogens (tertiary/aromatic N) is 8. The molecule has 42 nitrogen and oxygen atoms in total. The monoisotopic (exact) mass is 1740 g/mol. The summed E-state index contributed by atoms with van der Waals surface area (Å²) in [6, 6.07) is 12.7. The molecule has 9 aromatic rings. The minimum atomic E-state index is -5.88. The van der Waals surface area contributed by atoms with E-state index < -0.39 is 245 Å². The van der Waals surface area contributed by atoms with Gasteiger partial charge in [-0.3, -0.25) is 29.5 Å². The number of H-pyrrole nitrogens is 2. The Morgan fingerprint density at radius 3 is 1.01 bits per heavy atom. The van der Waals surface area contributed by atoms with E-state index in [2.05, 4.69) is 60.7 Å². The van der Waals surface area contributed by atoms with Crippen molar-refractivity contribution in [3.05, 3.63) is 152 Å². The molecule has 2 aliphatic rings. The molecule has 7 aromatic carbocycles. The minimum Gasteiger partial charge on any atom is -0.846 e. The molecule has 0 aliphatic heterocycles. The first kappa shape index (κ1) is 101. The van der Waals surface area contributed by atoms with Gasteiger partial charge in [0.25, 0.3) is 20.2 Å². The van der Waals surface area contributed by atoms with E-state index in [1.54, 1.807) is 0 Å². The number of fused-ring (bicyclic) bond motifs is 4. The maximum absolute atomic E-state index is 14.4. The molecule has 0 saturated carbocycles. The van der Waals surface area contributed by atoms with Gasteiger partial charge in [-0.2, -0.15) is 37.0 Å². The molecular formula is C52H28N14Na8O28S8. The summed E-state index contributed by atoms with van der Waals surface area (Å²) in [4.78, 5) is 46.4. The Kier molecular flexibility index (Phi) is 35.0. The summed E-state index contributed by atoms with van der Waals surface area (Å²) < 4.78 is 294. The third kappa shape index (κ3) is 22.8. The Balaban J connectivity index is 0.00000392. The predicted molar refractivity (Wildman–Crippen MR) is 333 cm³/mol. The van der Waals surface area contributed by atoms with E-state index in [1.165, 1.54) is 24.3 Å². The van der Waals surface area contributed by atoms with E-state index >= 15 is 0 Å². The molecule has 2 aromatic heterocycles. The quantitative estimate of drug-likeness (QED) is 0.0225. The standard InChI is InChI=1S/C52H36N14O28S8.8Na/c67-43-39-21(17-37(99(83,84)85)41(43)65-63-31-13-11-27-29(45(31)101(89,90)91)3-1-5-35(27)97(77,78)79)15-25(95(71,72)73)19-33(39)55-49-57-47(59-51(69)61-49)53-23-7-9-24(10-8-23)54-48-58-50(62-52(70)60-48)56-34-20-26(96(74,75)76)16-22-18-38(100(86,87)88)42(44(68)40(22)34)66-64-32-14-12-28-30(46(32)102(92,93)94)4-2-6-36(28)98(80,81)82;;;;;;;;/h1-20,63-64H,(H,71,72,73)(H,74,75,76)(H,77,78,79)(H,80,81,82)(H,83,84,85)(H,86,87,88)(H,89,90,91)(H,92,93,94)(H3,53,55,57,59,61,69)(H3,54,56,58,60,62,70);;;;;;;;/q;8*+1/p-8/b65-41+,66-42+;;;;;;;;. The first-order valence-electron chi connectivity index (χ1n) is 26.7. The van der Waals surface area contributed by atoms with Crippen molar-refractivity contribution >= 4 is 184 Å². The van der Waals surface area contributed by atoms with Crippen molar-refractivity contribution in [2.24, 2.45) is 20.2 Å². The number of Topliss-reactive ketones (excluding diaryl/α,β-unsaturated/α-hetero) is 2. The van der Waals surface area contributed by atoms with Crippen LogP contribution in [0.4, 0.5) is 46.0 Å². The first-order chi connectivity index (χ1) is 47.2. The third-order valence-electron chi connectivity index (χ3n) is 14.0. The second kappa shape index (κ2) is 38.1. The van der Waals surface area contributed by atoms with Crippen molar-refractivity contribution in [1.82, 2.24) is 29.9 Å². The van der Waals surface area contributed by atoms with Crippen LogP contribution in [0.5, 0.6) is 12.0 Å². The van der Waals surface area contributed by atoms with Crippen LogP contribution in [0, 0.1) is 0 Å². The van der Waals surface area contributed by atoms with Gasteiger partial charge in [0.1, 0.15) is 81.9 Å². The molecule has 11 rings (SSSR count). The number of anilines is 6. The molecule has 8 N–H and O–H groups in total. The second-order valence-electron chi connectivity index (χ2n) is 20.5. The van der Waals surface area contributed by atoms with Crippen molar-refractivity contribution in [3.8, 4) is 12.0 Å². The van der Waals surface area contributed by atoms with Crippen LogP contribution in [0.2, 0.25) is 0 Å². The van der Waals surface area contributed by atoms with E-state index in [9.17, 15) is 124 Å². The van der Waals surface area contributed by atoms with Crippen LogP contribution in [-0.4, -0.2) is 157 Å². The molecule has 0 unspecified atom stereocenters. The summed E-state index contributed by atoms with van der Waals surface area (Å²) in [6.45, 7) is 0. The van der Waals surface area contributed by atoms with Crippen LogP contribution < -0.4 is 279 Å². The van der Waals surface area contributed by atoms with E-state index in [0.29, 0.717) is 36.4 Å². The Morgan fingerprint density at radius 1 is 0.391 bits per heavy atom. The van der Waals surface area contributed by atoms with Gasteiger partial charge in [0, 0.05) is 32.9 Å². The van der Waals surface area contributed by atoms with Gasteiger partial charge in [-0.25, -0.2) is 70.5 Å². The molecule has 58 heteroatoms. The number of rotatable bonds is 18. The molecular weight excluding hydrogens is 1710 g/mol. The van der Waals surface area contributed by atoms with E-state index in [-0.39, 0.29) is 248 Å². The maximum Gasteiger partial charge on any atom is 1.00 e. The average molecular weight is 1740 g/mol. The zero-order valence-electron chi connectivity index (χ0n) is 56.9. The molecule has 530 valence electrons. The van der Waals surface area contributed by atoms with Gasteiger partial charge in [0.05, 0.1) is 75.3 Å². The first-order valence-corrected chi connectivity index (χ1v) is 38.0. The molecule has 0 atom stereocenters. The number of carbonyl (C=O) groups is 2.